The summed E-state index contributed by atoms with van der Waals surface area (Å²) in [5, 5.41) is 0.190. The molecule has 0 atom stereocenters. The third-order valence-electron chi connectivity index (χ3n) is 2.50. The largest absolute Gasteiger partial charge is 0.243 e. The van der Waals surface area contributed by atoms with E-state index in [1.807, 2.05) is 30.3 Å². The van der Waals surface area contributed by atoms with Gasteiger partial charge < -0.3 is 0 Å². The zero-order valence-corrected chi connectivity index (χ0v) is 13.0. The second-order valence-electron chi connectivity index (χ2n) is 3.86. The molecular formula is C13H11BrClNO2S. The lowest BCUT2D eigenvalue weighted by atomic mass is 10.2. The van der Waals surface area contributed by atoms with E-state index in [0.717, 1.165) is 5.56 Å². The van der Waals surface area contributed by atoms with Crippen LogP contribution in [0.25, 0.3) is 0 Å². The van der Waals surface area contributed by atoms with Crippen LogP contribution in [0, 0.1) is 0 Å². The lowest BCUT2D eigenvalue weighted by Gasteiger charge is -2.10. The highest BCUT2D eigenvalue weighted by Crippen LogP contribution is 2.29. The number of hydrogen-bond acceptors (Lipinski definition) is 2. The van der Waals surface area contributed by atoms with Crippen molar-refractivity contribution in [3.63, 3.8) is 0 Å². The molecule has 0 aliphatic heterocycles. The molecule has 0 aliphatic carbocycles. The Morgan fingerprint density at radius 3 is 2.37 bits per heavy atom. The summed E-state index contributed by atoms with van der Waals surface area (Å²) in [6.45, 7) is 0.223. The number of benzene rings is 2. The lowest BCUT2D eigenvalue weighted by molar-refractivity contribution is 0.581. The van der Waals surface area contributed by atoms with Gasteiger partial charge in [-0.1, -0.05) is 48.0 Å². The zero-order chi connectivity index (χ0) is 13.9. The minimum absolute atomic E-state index is 0.0626. The second-order valence-corrected chi connectivity index (χ2v) is 6.83. The average molecular weight is 361 g/mol. The van der Waals surface area contributed by atoms with Gasteiger partial charge in [-0.2, -0.15) is 0 Å². The Morgan fingerprint density at radius 2 is 1.74 bits per heavy atom. The molecule has 0 saturated carbocycles. The predicted octanol–water partition coefficient (Wildman–Crippen LogP) is 3.58. The Kier molecular flexibility index (Phi) is 4.62. The van der Waals surface area contributed by atoms with E-state index in [2.05, 4.69) is 20.7 Å². The van der Waals surface area contributed by atoms with Gasteiger partial charge in [-0.05, 0) is 33.6 Å². The fourth-order valence-corrected chi connectivity index (χ4v) is 4.34. The minimum Gasteiger partial charge on any atom is -0.207 e. The van der Waals surface area contributed by atoms with E-state index in [1.165, 1.54) is 0 Å². The fraction of sp³-hybridized carbons (Fsp3) is 0.0769. The summed E-state index contributed by atoms with van der Waals surface area (Å²) in [5.41, 5.74) is 0.884. The van der Waals surface area contributed by atoms with Gasteiger partial charge in [0.25, 0.3) is 0 Å². The summed E-state index contributed by atoms with van der Waals surface area (Å²) in [6.07, 6.45) is 0. The number of rotatable bonds is 4. The summed E-state index contributed by atoms with van der Waals surface area (Å²) >= 11 is 9.15. The highest BCUT2D eigenvalue weighted by atomic mass is 79.9. The molecule has 0 unspecified atom stereocenters. The molecule has 0 radical (unpaired) electrons. The van der Waals surface area contributed by atoms with Crippen molar-refractivity contribution >= 4 is 37.6 Å². The van der Waals surface area contributed by atoms with Gasteiger partial charge in [-0.3, -0.25) is 0 Å². The molecule has 0 fully saturated rings. The van der Waals surface area contributed by atoms with Crippen molar-refractivity contribution in [2.45, 2.75) is 11.4 Å². The van der Waals surface area contributed by atoms with E-state index in [1.54, 1.807) is 18.2 Å². The molecule has 0 aliphatic rings. The van der Waals surface area contributed by atoms with E-state index in [-0.39, 0.29) is 16.5 Å². The normalized spacial score (nSPS) is 11.5. The van der Waals surface area contributed by atoms with Crippen LogP contribution in [0.15, 0.2) is 57.9 Å². The highest BCUT2D eigenvalue weighted by molar-refractivity contribution is 9.10. The van der Waals surface area contributed by atoms with Gasteiger partial charge in [0, 0.05) is 11.0 Å². The topological polar surface area (TPSA) is 46.2 Å². The van der Waals surface area contributed by atoms with Crippen molar-refractivity contribution in [3.05, 3.63) is 63.6 Å². The second kappa shape index (κ2) is 6.05. The van der Waals surface area contributed by atoms with Crippen LogP contribution in [0.5, 0.6) is 0 Å². The highest BCUT2D eigenvalue weighted by Gasteiger charge is 2.20. The third kappa shape index (κ3) is 3.57. The summed E-state index contributed by atoms with van der Waals surface area (Å²) in [7, 11) is -3.65. The molecule has 6 heteroatoms. The Hall–Kier alpha value is -0.880. The standard InChI is InChI=1S/C13H11BrClNO2S/c14-11-7-4-8-12(15)13(11)19(17,18)16-9-10-5-2-1-3-6-10/h1-8,16H,9H2. The molecule has 0 spiro atoms. The molecule has 19 heavy (non-hydrogen) atoms. The van der Waals surface area contributed by atoms with Crippen LogP contribution in [0.4, 0.5) is 0 Å². The van der Waals surface area contributed by atoms with Gasteiger partial charge in [0.15, 0.2) is 0 Å². The Morgan fingerprint density at radius 1 is 1.05 bits per heavy atom. The molecule has 0 bridgehead atoms. The van der Waals surface area contributed by atoms with Gasteiger partial charge in [-0.25, -0.2) is 13.1 Å². The minimum atomic E-state index is -3.65. The van der Waals surface area contributed by atoms with Crippen LogP contribution in [-0.2, 0) is 16.6 Å². The molecular weight excluding hydrogens is 350 g/mol. The molecule has 3 nitrogen and oxygen atoms in total. The first-order chi connectivity index (χ1) is 9.00. The van der Waals surface area contributed by atoms with Gasteiger partial charge in [0.05, 0.1) is 5.02 Å². The maximum atomic E-state index is 12.2. The Labute approximate surface area is 125 Å². The van der Waals surface area contributed by atoms with Crippen molar-refractivity contribution < 1.29 is 8.42 Å². The summed E-state index contributed by atoms with van der Waals surface area (Å²) in [6, 6.07) is 14.2. The molecule has 2 rings (SSSR count). The van der Waals surface area contributed by atoms with Crippen LogP contribution in [0.2, 0.25) is 5.02 Å². The Bertz CT molecular complexity index is 654. The van der Waals surface area contributed by atoms with E-state index in [0.29, 0.717) is 4.47 Å². The SMILES string of the molecule is O=S(=O)(NCc1ccccc1)c1c(Cl)cccc1Br. The van der Waals surface area contributed by atoms with E-state index in [9.17, 15) is 8.42 Å². The monoisotopic (exact) mass is 359 g/mol. The van der Waals surface area contributed by atoms with Crippen LogP contribution >= 0.6 is 27.5 Å². The van der Waals surface area contributed by atoms with Crippen LogP contribution in [-0.4, -0.2) is 8.42 Å². The van der Waals surface area contributed by atoms with E-state index < -0.39 is 10.0 Å². The number of halogens is 2. The maximum absolute atomic E-state index is 12.2. The molecule has 0 aromatic heterocycles. The zero-order valence-electron chi connectivity index (χ0n) is 9.81. The van der Waals surface area contributed by atoms with E-state index >= 15 is 0 Å². The van der Waals surface area contributed by atoms with Crippen molar-refractivity contribution in [2.24, 2.45) is 0 Å². The van der Waals surface area contributed by atoms with Crippen molar-refractivity contribution in [1.29, 1.82) is 0 Å². The first-order valence-electron chi connectivity index (χ1n) is 5.48. The van der Waals surface area contributed by atoms with Crippen LogP contribution in [0.1, 0.15) is 5.56 Å². The van der Waals surface area contributed by atoms with E-state index in [4.69, 9.17) is 11.6 Å². The molecule has 0 amide bonds. The first-order valence-corrected chi connectivity index (χ1v) is 8.14. The molecule has 0 heterocycles. The third-order valence-corrected chi connectivity index (χ3v) is 5.35. The average Bonchev–Trinajstić information content (AvgIpc) is 2.37. The quantitative estimate of drug-likeness (QED) is 0.906. The molecule has 100 valence electrons. The van der Waals surface area contributed by atoms with Crippen molar-refractivity contribution in [3.8, 4) is 0 Å². The summed E-state index contributed by atoms with van der Waals surface area (Å²) in [4.78, 5) is 0.0626. The van der Waals surface area contributed by atoms with Crippen molar-refractivity contribution in [2.75, 3.05) is 0 Å². The first kappa shape index (κ1) is 14.5. The number of nitrogens with one attached hydrogen (secondary N) is 1. The molecule has 1 N–H and O–H groups in total. The fourth-order valence-electron chi connectivity index (χ4n) is 1.59. The maximum Gasteiger partial charge on any atom is 0.243 e. The van der Waals surface area contributed by atoms with Crippen LogP contribution < -0.4 is 4.72 Å². The summed E-state index contributed by atoms with van der Waals surface area (Å²) in [5.74, 6) is 0. The molecule has 2 aromatic rings. The van der Waals surface area contributed by atoms with Crippen LogP contribution in [0.3, 0.4) is 0 Å². The van der Waals surface area contributed by atoms with Gasteiger partial charge in [0.1, 0.15) is 4.90 Å². The summed E-state index contributed by atoms with van der Waals surface area (Å²) < 4.78 is 27.4. The van der Waals surface area contributed by atoms with Crippen molar-refractivity contribution in [1.82, 2.24) is 4.72 Å². The smallest absolute Gasteiger partial charge is 0.207 e. The number of hydrogen-bond donors (Lipinski definition) is 1. The Balaban J connectivity index is 2.24. The lowest BCUT2D eigenvalue weighted by Crippen LogP contribution is -2.23. The predicted molar refractivity (Wildman–Crippen MR) is 79.6 cm³/mol. The molecule has 2 aromatic carbocycles. The van der Waals surface area contributed by atoms with Gasteiger partial charge in [0.2, 0.25) is 10.0 Å². The van der Waals surface area contributed by atoms with Gasteiger partial charge in [-0.15, -0.1) is 0 Å². The van der Waals surface area contributed by atoms with Gasteiger partial charge >= 0.3 is 0 Å². The molecule has 0 saturated heterocycles. The number of sulfonamides is 1.